The lowest BCUT2D eigenvalue weighted by molar-refractivity contribution is -0.117. The minimum atomic E-state index is -0.117. The number of benzene rings is 2. The van der Waals surface area contributed by atoms with Crippen LogP contribution in [-0.2, 0) is 11.8 Å². The zero-order valence-corrected chi connectivity index (χ0v) is 20.8. The zero-order valence-electron chi connectivity index (χ0n) is 20.8. The van der Waals surface area contributed by atoms with Gasteiger partial charge in [0, 0.05) is 24.6 Å². The van der Waals surface area contributed by atoms with Crippen molar-refractivity contribution in [3.63, 3.8) is 0 Å². The Kier molecular flexibility index (Phi) is 6.91. The summed E-state index contributed by atoms with van der Waals surface area (Å²) >= 11 is 0. The molecule has 0 aliphatic heterocycles. The number of hydrogen-bond acceptors (Lipinski definition) is 5. The first kappa shape index (κ1) is 24.1. The highest BCUT2D eigenvalue weighted by Crippen LogP contribution is 2.37. The van der Waals surface area contributed by atoms with E-state index in [1.807, 2.05) is 66.2 Å². The molecule has 1 fully saturated rings. The molecule has 1 aliphatic carbocycles. The number of nitrogen functional groups attached to an aromatic ring is 1. The second kappa shape index (κ2) is 10.6. The van der Waals surface area contributed by atoms with Gasteiger partial charge in [0.25, 0.3) is 0 Å². The number of rotatable bonds is 5. The van der Waals surface area contributed by atoms with Gasteiger partial charge in [-0.05, 0) is 67.5 Å². The molecule has 7 heteroatoms. The van der Waals surface area contributed by atoms with E-state index >= 15 is 0 Å². The second-order valence-electron chi connectivity index (χ2n) is 9.21. The third-order valence-electron chi connectivity index (χ3n) is 6.77. The van der Waals surface area contributed by atoms with Gasteiger partial charge in [-0.3, -0.25) is 4.79 Å². The van der Waals surface area contributed by atoms with Crippen LogP contribution in [0.1, 0.15) is 31.4 Å². The van der Waals surface area contributed by atoms with Crippen molar-refractivity contribution in [3.8, 4) is 34.5 Å². The van der Waals surface area contributed by atoms with E-state index in [9.17, 15) is 4.79 Å². The highest BCUT2D eigenvalue weighted by atomic mass is 16.5. The van der Waals surface area contributed by atoms with Crippen molar-refractivity contribution in [2.75, 3.05) is 5.73 Å². The number of ether oxygens (including phenoxy) is 1. The summed E-state index contributed by atoms with van der Waals surface area (Å²) < 4.78 is 7.95. The summed E-state index contributed by atoms with van der Waals surface area (Å²) in [5.41, 5.74) is 9.81. The topological polar surface area (TPSA) is 95.1 Å². The van der Waals surface area contributed by atoms with Crippen LogP contribution in [0.3, 0.4) is 0 Å². The minimum Gasteiger partial charge on any atom is -0.457 e. The summed E-state index contributed by atoms with van der Waals surface area (Å²) in [6, 6.07) is 17.8. The lowest BCUT2D eigenvalue weighted by Gasteiger charge is -2.26. The second-order valence-corrected chi connectivity index (χ2v) is 9.21. The summed E-state index contributed by atoms with van der Waals surface area (Å²) in [5, 5.41) is 3.79. The van der Waals surface area contributed by atoms with E-state index in [4.69, 9.17) is 10.5 Å². The quantitative estimate of drug-likeness (QED) is 0.295. The fraction of sp³-hybridized carbons (Fsp3) is 0.233. The molecule has 4 aromatic rings. The molecule has 37 heavy (non-hydrogen) atoms. The number of hydrogen-bond donors (Lipinski definition) is 2. The molecular formula is C30H29N5O2. The molecule has 1 saturated carbocycles. The Balaban J connectivity index is 1.45. The molecule has 2 aromatic carbocycles. The van der Waals surface area contributed by atoms with Crippen molar-refractivity contribution < 1.29 is 9.53 Å². The van der Waals surface area contributed by atoms with E-state index in [1.54, 1.807) is 0 Å². The van der Waals surface area contributed by atoms with E-state index in [0.29, 0.717) is 5.82 Å². The summed E-state index contributed by atoms with van der Waals surface area (Å²) in [4.78, 5) is 20.4. The fourth-order valence-electron chi connectivity index (χ4n) is 4.83. The van der Waals surface area contributed by atoms with Gasteiger partial charge in [0.15, 0.2) is 0 Å². The third kappa shape index (κ3) is 5.19. The Bertz CT molecular complexity index is 1490. The van der Waals surface area contributed by atoms with E-state index in [2.05, 4.69) is 33.7 Å². The number of anilines is 1. The van der Waals surface area contributed by atoms with Crippen molar-refractivity contribution in [2.24, 2.45) is 13.0 Å². The van der Waals surface area contributed by atoms with Crippen LogP contribution < -0.4 is 15.8 Å². The van der Waals surface area contributed by atoms with Gasteiger partial charge in [-0.1, -0.05) is 42.8 Å². The molecule has 0 radical (unpaired) electrons. The number of aromatic nitrogens is 3. The number of nitrogens with two attached hydrogens (primary N) is 1. The molecule has 186 valence electrons. The Hall–Kier alpha value is -4.57. The van der Waals surface area contributed by atoms with Gasteiger partial charge >= 0.3 is 0 Å². The molecule has 3 N–H and O–H groups in total. The van der Waals surface area contributed by atoms with Crippen molar-refractivity contribution in [1.82, 2.24) is 19.9 Å². The van der Waals surface area contributed by atoms with Crippen molar-refractivity contribution in [1.29, 1.82) is 0 Å². The van der Waals surface area contributed by atoms with Crippen LogP contribution >= 0.6 is 0 Å². The van der Waals surface area contributed by atoms with Crippen molar-refractivity contribution in [2.45, 2.75) is 31.7 Å². The average Bonchev–Trinajstić information content (AvgIpc) is 3.21. The Morgan fingerprint density at radius 2 is 1.78 bits per heavy atom. The summed E-state index contributed by atoms with van der Waals surface area (Å²) in [5.74, 6) is 9.01. The van der Waals surface area contributed by atoms with Gasteiger partial charge < -0.3 is 20.4 Å². The van der Waals surface area contributed by atoms with Crippen LogP contribution in [0, 0.1) is 17.8 Å². The molecule has 2 aromatic heterocycles. The van der Waals surface area contributed by atoms with Gasteiger partial charge in [-0.15, -0.1) is 0 Å². The van der Waals surface area contributed by atoms with Crippen molar-refractivity contribution >= 4 is 22.8 Å². The summed E-state index contributed by atoms with van der Waals surface area (Å²) in [6.07, 6.45) is 6.48. The number of carbonyl (C=O) groups excluding carboxylic acids is 1. The molecule has 0 atom stereocenters. The first-order chi connectivity index (χ1) is 18.0. The maximum Gasteiger partial charge on any atom is 0.243 e. The molecule has 0 saturated heterocycles. The Labute approximate surface area is 216 Å². The van der Waals surface area contributed by atoms with Gasteiger partial charge in [-0.2, -0.15) is 0 Å². The van der Waals surface area contributed by atoms with Crippen LogP contribution in [0.25, 0.3) is 22.2 Å². The number of amides is 1. The van der Waals surface area contributed by atoms with Crippen LogP contribution in [-0.4, -0.2) is 26.5 Å². The molecule has 0 bridgehead atoms. The highest BCUT2D eigenvalue weighted by Gasteiger charge is 2.22. The fourth-order valence-corrected chi connectivity index (χ4v) is 4.83. The molecule has 0 unspecified atom stereocenters. The van der Waals surface area contributed by atoms with Crippen molar-refractivity contribution in [3.05, 3.63) is 79.3 Å². The van der Waals surface area contributed by atoms with Crippen LogP contribution in [0.4, 0.5) is 5.82 Å². The van der Waals surface area contributed by atoms with E-state index in [1.165, 1.54) is 12.4 Å². The van der Waals surface area contributed by atoms with Crippen LogP contribution in [0.15, 0.2) is 73.6 Å². The normalized spacial score (nSPS) is 17.0. The molecule has 0 spiro atoms. The smallest absolute Gasteiger partial charge is 0.243 e. The molecular weight excluding hydrogens is 462 g/mol. The number of fused-ring (bicyclic) bond motifs is 1. The lowest BCUT2D eigenvalue weighted by Crippen LogP contribution is -2.36. The number of nitrogens with one attached hydrogen (secondary N) is 1. The number of para-hydroxylation sites is 1. The SMILES string of the molecule is C=CC(=O)N[C@H]1CC[C@H](C#Cc2c(-c3ccc(Oc4ccccc4)cc3)c3c(N)ncnc3n2C)CC1. The van der Waals surface area contributed by atoms with E-state index in [-0.39, 0.29) is 17.9 Å². The maximum atomic E-state index is 11.6. The molecule has 1 aliphatic rings. The standard InChI is InChI=1S/C30H29N5O2/c1-3-26(36)34-22-14-9-20(10-15-22)11-18-25-27(28-29(31)32-19-33-30(28)35(25)2)21-12-16-24(17-13-21)37-23-7-5-4-6-8-23/h3-8,12-13,16-17,19-20,22H,1,9-10,14-15H2,2H3,(H,34,36)(H2,31,32,33)/t20-,22-. The average molecular weight is 492 g/mol. The third-order valence-corrected chi connectivity index (χ3v) is 6.77. The molecule has 1 amide bonds. The zero-order chi connectivity index (χ0) is 25.8. The van der Waals surface area contributed by atoms with Crippen LogP contribution in [0.2, 0.25) is 0 Å². The maximum absolute atomic E-state index is 11.6. The predicted octanol–water partition coefficient (Wildman–Crippen LogP) is 5.22. The molecule has 7 nitrogen and oxygen atoms in total. The molecule has 5 rings (SSSR count). The first-order valence-electron chi connectivity index (χ1n) is 12.4. The van der Waals surface area contributed by atoms with Gasteiger partial charge in [0.05, 0.1) is 5.39 Å². The van der Waals surface area contributed by atoms with E-state index in [0.717, 1.165) is 65.0 Å². The Morgan fingerprint density at radius 1 is 1.08 bits per heavy atom. The van der Waals surface area contributed by atoms with Gasteiger partial charge in [0.2, 0.25) is 5.91 Å². The van der Waals surface area contributed by atoms with Gasteiger partial charge in [-0.25, -0.2) is 9.97 Å². The van der Waals surface area contributed by atoms with Gasteiger partial charge in [0.1, 0.15) is 35.0 Å². The Morgan fingerprint density at radius 3 is 2.49 bits per heavy atom. The monoisotopic (exact) mass is 491 g/mol. The van der Waals surface area contributed by atoms with E-state index < -0.39 is 0 Å². The minimum absolute atomic E-state index is 0.117. The number of nitrogens with zero attached hydrogens (tertiary/aromatic N) is 3. The predicted molar refractivity (Wildman–Crippen MR) is 146 cm³/mol. The summed E-state index contributed by atoms with van der Waals surface area (Å²) in [7, 11) is 1.96. The summed E-state index contributed by atoms with van der Waals surface area (Å²) in [6.45, 7) is 3.53. The molecule has 2 heterocycles. The lowest BCUT2D eigenvalue weighted by atomic mass is 9.86. The van der Waals surface area contributed by atoms with Crippen LogP contribution in [0.5, 0.6) is 11.5 Å². The number of aryl methyl sites for hydroxylation is 1. The first-order valence-corrected chi connectivity index (χ1v) is 12.4. The number of carbonyl (C=O) groups is 1. The largest absolute Gasteiger partial charge is 0.457 e. The highest BCUT2D eigenvalue weighted by molar-refractivity contribution is 6.03.